The van der Waals surface area contributed by atoms with Crippen molar-refractivity contribution < 1.29 is 9.95 Å². The molecule has 1 radical (unpaired) electrons. The molecule has 0 bridgehead atoms. The summed E-state index contributed by atoms with van der Waals surface area (Å²) >= 11 is 0. The van der Waals surface area contributed by atoms with E-state index >= 15 is 0 Å². The zero-order valence-corrected chi connectivity index (χ0v) is 14.5. The number of rotatable bonds is 5. The van der Waals surface area contributed by atoms with Gasteiger partial charge in [0, 0.05) is 17.9 Å². The standard InChI is InChI=1S/C16H27N4O2/c1-7-9-10-18-11-12(13(8-2)17-18)14-19(21)15(3,4)16(5,6)20(14)22/h11H,7-10H2,1-6H3. The molecule has 0 spiro atoms. The second kappa shape index (κ2) is 5.57. The van der Waals surface area contributed by atoms with Gasteiger partial charge in [0.1, 0.15) is 11.1 Å². The van der Waals surface area contributed by atoms with E-state index in [0.717, 1.165) is 34.9 Å². The third kappa shape index (κ3) is 2.29. The molecule has 1 aliphatic rings. The fourth-order valence-electron chi connectivity index (χ4n) is 2.67. The minimum atomic E-state index is -0.791. The highest BCUT2D eigenvalue weighted by atomic mass is 16.5. The second-order valence-corrected chi connectivity index (χ2v) is 6.99. The Morgan fingerprint density at radius 3 is 2.36 bits per heavy atom. The number of aryl methyl sites for hydroxylation is 2. The van der Waals surface area contributed by atoms with E-state index in [1.165, 1.54) is 0 Å². The molecular formula is C16H27N4O2. The molecule has 2 rings (SSSR count). The molecule has 0 saturated heterocycles. The van der Waals surface area contributed by atoms with E-state index in [0.29, 0.717) is 12.0 Å². The maximum absolute atomic E-state index is 12.7. The van der Waals surface area contributed by atoms with Crippen LogP contribution in [0.1, 0.15) is 65.6 Å². The molecule has 123 valence electrons. The topological polar surface area (TPSA) is 67.0 Å². The lowest BCUT2D eigenvalue weighted by Crippen LogP contribution is -2.53. The van der Waals surface area contributed by atoms with Gasteiger partial charge in [-0.3, -0.25) is 9.42 Å². The van der Waals surface area contributed by atoms with Crippen molar-refractivity contribution in [2.75, 3.05) is 0 Å². The first-order valence-corrected chi connectivity index (χ1v) is 8.06. The van der Waals surface area contributed by atoms with Crippen LogP contribution in [0.3, 0.4) is 0 Å². The summed E-state index contributed by atoms with van der Waals surface area (Å²) in [7, 11) is 0. The number of aromatic nitrogens is 2. The summed E-state index contributed by atoms with van der Waals surface area (Å²) in [6, 6.07) is 0. The Kier molecular flexibility index (Phi) is 4.26. The lowest BCUT2D eigenvalue weighted by molar-refractivity contribution is -0.539. The van der Waals surface area contributed by atoms with Gasteiger partial charge in [-0.25, -0.2) is 0 Å². The Morgan fingerprint density at radius 1 is 1.27 bits per heavy atom. The SMILES string of the molecule is CCCCn1cc(C2=[N+]([O-])C(C)(C)C(C)(C)N2[O])c(CC)n1. The molecule has 0 unspecified atom stereocenters. The predicted octanol–water partition coefficient (Wildman–Crippen LogP) is 2.72. The van der Waals surface area contributed by atoms with E-state index in [4.69, 9.17) is 0 Å². The largest absolute Gasteiger partial charge is 0.714 e. The average Bonchev–Trinajstić information content (AvgIpc) is 2.91. The van der Waals surface area contributed by atoms with Gasteiger partial charge in [-0.1, -0.05) is 25.3 Å². The summed E-state index contributed by atoms with van der Waals surface area (Å²) in [5.41, 5.74) is -0.107. The quantitative estimate of drug-likeness (QED) is 0.620. The molecule has 0 N–H and O–H groups in total. The van der Waals surface area contributed by atoms with Gasteiger partial charge >= 0.3 is 5.84 Å². The smallest absolute Gasteiger partial charge is 0.320 e. The van der Waals surface area contributed by atoms with Crippen LogP contribution in [0.25, 0.3) is 0 Å². The summed E-state index contributed by atoms with van der Waals surface area (Å²) in [6.45, 7) is 12.2. The monoisotopic (exact) mass is 307 g/mol. The highest BCUT2D eigenvalue weighted by Gasteiger charge is 2.60. The van der Waals surface area contributed by atoms with E-state index in [2.05, 4.69) is 12.0 Å². The van der Waals surface area contributed by atoms with Crippen LogP contribution in [0.4, 0.5) is 0 Å². The van der Waals surface area contributed by atoms with Gasteiger partial charge in [0.2, 0.25) is 0 Å². The van der Waals surface area contributed by atoms with Crippen molar-refractivity contribution in [3.8, 4) is 0 Å². The lowest BCUT2D eigenvalue weighted by Gasteiger charge is -2.32. The van der Waals surface area contributed by atoms with Gasteiger partial charge in [0.25, 0.3) is 0 Å². The van der Waals surface area contributed by atoms with Gasteiger partial charge in [0.15, 0.2) is 5.54 Å². The highest BCUT2D eigenvalue weighted by Crippen LogP contribution is 2.37. The van der Waals surface area contributed by atoms with E-state index in [1.54, 1.807) is 0 Å². The minimum Gasteiger partial charge on any atom is -0.714 e. The second-order valence-electron chi connectivity index (χ2n) is 6.99. The van der Waals surface area contributed by atoms with Crippen LogP contribution in [0, 0.1) is 5.21 Å². The molecule has 0 aliphatic carbocycles. The molecule has 0 saturated carbocycles. The van der Waals surface area contributed by atoms with Crippen LogP contribution < -0.4 is 0 Å². The third-order valence-electron chi connectivity index (χ3n) is 5.05. The summed E-state index contributed by atoms with van der Waals surface area (Å²) in [5, 5.41) is 30.9. The van der Waals surface area contributed by atoms with Crippen LogP contribution in [-0.4, -0.2) is 36.5 Å². The van der Waals surface area contributed by atoms with Crippen LogP contribution in [-0.2, 0) is 18.2 Å². The first kappa shape index (κ1) is 16.8. The first-order valence-electron chi connectivity index (χ1n) is 8.06. The fourth-order valence-corrected chi connectivity index (χ4v) is 2.67. The van der Waals surface area contributed by atoms with Crippen LogP contribution in [0.5, 0.6) is 0 Å². The molecule has 1 aromatic rings. The van der Waals surface area contributed by atoms with E-state index in [1.807, 2.05) is 45.5 Å². The van der Waals surface area contributed by atoms with Crippen molar-refractivity contribution in [2.45, 2.75) is 78.4 Å². The molecule has 1 aliphatic heterocycles. The minimum absolute atomic E-state index is 0.189. The number of hydrogen-bond acceptors (Lipinski definition) is 3. The Bertz CT molecular complexity index is 587. The normalized spacial score (nSPS) is 20.0. The summed E-state index contributed by atoms with van der Waals surface area (Å²) in [6.07, 6.45) is 4.64. The number of amidine groups is 1. The Balaban J connectivity index is 2.51. The molecule has 0 aromatic carbocycles. The van der Waals surface area contributed by atoms with Crippen molar-refractivity contribution in [3.63, 3.8) is 0 Å². The van der Waals surface area contributed by atoms with E-state index in [9.17, 15) is 10.4 Å². The zero-order valence-electron chi connectivity index (χ0n) is 14.5. The fraction of sp³-hybridized carbons (Fsp3) is 0.750. The van der Waals surface area contributed by atoms with Gasteiger partial charge in [0.05, 0.1) is 5.69 Å². The number of nitrogens with zero attached hydrogens (tertiary/aromatic N) is 4. The lowest BCUT2D eigenvalue weighted by atomic mass is 9.84. The zero-order chi connectivity index (χ0) is 16.7. The summed E-state index contributed by atoms with van der Waals surface area (Å²) < 4.78 is 2.71. The number of hydroxylamine groups is 3. The van der Waals surface area contributed by atoms with Crippen molar-refractivity contribution in [2.24, 2.45) is 0 Å². The summed E-state index contributed by atoms with van der Waals surface area (Å²) in [4.78, 5) is 0. The van der Waals surface area contributed by atoms with Gasteiger partial charge in [-0.05, 0) is 40.5 Å². The van der Waals surface area contributed by atoms with Gasteiger partial charge in [-0.2, -0.15) is 5.10 Å². The third-order valence-corrected chi connectivity index (χ3v) is 5.05. The van der Waals surface area contributed by atoms with E-state index < -0.39 is 11.1 Å². The van der Waals surface area contributed by atoms with Crippen molar-refractivity contribution in [1.29, 1.82) is 0 Å². The van der Waals surface area contributed by atoms with Crippen LogP contribution in [0.15, 0.2) is 6.20 Å². The van der Waals surface area contributed by atoms with Crippen molar-refractivity contribution in [1.82, 2.24) is 14.8 Å². The van der Waals surface area contributed by atoms with Gasteiger partial charge in [-0.15, -0.1) is 0 Å². The molecule has 2 heterocycles. The first-order chi connectivity index (χ1) is 10.2. The molecule has 1 aromatic heterocycles. The molecule has 22 heavy (non-hydrogen) atoms. The molecule has 0 amide bonds. The van der Waals surface area contributed by atoms with Crippen LogP contribution in [0.2, 0.25) is 0 Å². The molecule has 0 fully saturated rings. The van der Waals surface area contributed by atoms with E-state index in [-0.39, 0.29) is 5.84 Å². The number of hydrogen-bond donors (Lipinski definition) is 0. The maximum atomic E-state index is 12.7. The highest BCUT2D eigenvalue weighted by molar-refractivity contribution is 5.96. The van der Waals surface area contributed by atoms with Gasteiger partial charge < -0.3 is 5.21 Å². The molecule has 6 nitrogen and oxygen atoms in total. The Labute approximate surface area is 132 Å². The molecule has 0 atom stereocenters. The van der Waals surface area contributed by atoms with Crippen molar-refractivity contribution >= 4 is 5.84 Å². The van der Waals surface area contributed by atoms with Crippen LogP contribution >= 0.6 is 0 Å². The molecular weight excluding hydrogens is 280 g/mol. The average molecular weight is 307 g/mol. The Hall–Kier alpha value is -1.56. The predicted molar refractivity (Wildman–Crippen MR) is 84.9 cm³/mol. The van der Waals surface area contributed by atoms with Crippen molar-refractivity contribution in [3.05, 3.63) is 22.7 Å². The maximum Gasteiger partial charge on any atom is 0.320 e. The Morgan fingerprint density at radius 2 is 1.91 bits per heavy atom. The summed E-state index contributed by atoms with van der Waals surface area (Å²) in [5.74, 6) is 0.189. The number of unbranched alkanes of at least 4 members (excludes halogenated alkanes) is 1. The molecule has 6 heteroatoms.